The molecule has 4 aromatic carbocycles. The number of carboxylic acids is 1. The van der Waals surface area contributed by atoms with E-state index < -0.39 is 5.97 Å². The van der Waals surface area contributed by atoms with Crippen molar-refractivity contribution in [3.63, 3.8) is 0 Å². The molecule has 4 aromatic rings. The summed E-state index contributed by atoms with van der Waals surface area (Å²) in [6.07, 6.45) is 2.78. The van der Waals surface area contributed by atoms with Crippen molar-refractivity contribution in [2.75, 3.05) is 6.54 Å². The van der Waals surface area contributed by atoms with Crippen LogP contribution in [0.15, 0.2) is 84.9 Å². The number of benzene rings is 4. The summed E-state index contributed by atoms with van der Waals surface area (Å²) < 4.78 is 20.5. The van der Waals surface area contributed by atoms with Gasteiger partial charge in [-0.25, -0.2) is 9.18 Å². The first-order valence-electron chi connectivity index (χ1n) is 12.5. The Bertz CT molecular complexity index is 1370. The fourth-order valence-electron chi connectivity index (χ4n) is 5.27. The number of aromatic carboxylic acids is 1. The first kappa shape index (κ1) is 26.6. The summed E-state index contributed by atoms with van der Waals surface area (Å²) in [4.78, 5) is 11.3. The van der Waals surface area contributed by atoms with E-state index in [2.05, 4.69) is 18.3 Å². The molecule has 37 heavy (non-hydrogen) atoms. The number of fused-ring (bicyclic) bond motifs is 2. The number of hydrogen-bond donors (Lipinski definition) is 2. The van der Waals surface area contributed by atoms with Crippen molar-refractivity contribution < 1.29 is 19.0 Å². The molecule has 0 fully saturated rings. The van der Waals surface area contributed by atoms with Crippen LogP contribution in [-0.4, -0.2) is 23.7 Å². The molecule has 0 saturated heterocycles. The number of hydrogen-bond acceptors (Lipinski definition) is 3. The van der Waals surface area contributed by atoms with E-state index in [1.165, 1.54) is 0 Å². The molecule has 0 aliphatic carbocycles. The maximum Gasteiger partial charge on any atom is 0.335 e. The van der Waals surface area contributed by atoms with Crippen molar-refractivity contribution in [1.29, 1.82) is 0 Å². The summed E-state index contributed by atoms with van der Waals surface area (Å²) in [5.41, 5.74) is 3.65. The zero-order chi connectivity index (χ0) is 25.1. The molecule has 6 heteroatoms. The number of para-hydroxylation sites is 1. The number of nitrogens with one attached hydrogen (secondary N) is 1. The van der Waals surface area contributed by atoms with E-state index in [0.29, 0.717) is 10.9 Å². The van der Waals surface area contributed by atoms with Crippen LogP contribution in [-0.2, 0) is 0 Å². The van der Waals surface area contributed by atoms with Crippen molar-refractivity contribution >= 4 is 29.1 Å². The van der Waals surface area contributed by atoms with Crippen molar-refractivity contribution in [1.82, 2.24) is 5.32 Å². The molecular weight excluding hydrogens is 489 g/mol. The lowest BCUT2D eigenvalue weighted by Gasteiger charge is -2.33. The molecule has 1 unspecified atom stereocenters. The third-order valence-corrected chi connectivity index (χ3v) is 7.17. The number of ether oxygens (including phenoxy) is 1. The van der Waals surface area contributed by atoms with Crippen LogP contribution in [0.2, 0.25) is 0 Å². The van der Waals surface area contributed by atoms with E-state index >= 15 is 0 Å². The van der Waals surface area contributed by atoms with Crippen LogP contribution in [0.4, 0.5) is 4.39 Å². The standard InChI is InChI=1S/C31H30FNO3.ClH/c1-20(24-16-17-29(32)26-9-3-2-8-25(24)26)33-18-6-7-23-19-28(27-10-4-5-11-30(27)36-23)21-12-14-22(15-13-21)31(34)35;/h2-5,8-17,20,23,28,33H,6-7,18-19H2,1H3,(H,34,35);1H/t20?,23-,28-;/m0./s1. The topological polar surface area (TPSA) is 58.6 Å². The van der Waals surface area contributed by atoms with Gasteiger partial charge < -0.3 is 15.2 Å². The highest BCUT2D eigenvalue weighted by atomic mass is 35.5. The largest absolute Gasteiger partial charge is 0.490 e. The Labute approximate surface area is 222 Å². The Morgan fingerprint density at radius 1 is 1.00 bits per heavy atom. The third-order valence-electron chi connectivity index (χ3n) is 7.17. The molecule has 4 nitrogen and oxygen atoms in total. The molecule has 192 valence electrons. The Morgan fingerprint density at radius 2 is 1.70 bits per heavy atom. The van der Waals surface area contributed by atoms with Crippen LogP contribution < -0.4 is 10.1 Å². The van der Waals surface area contributed by atoms with Gasteiger partial charge in [0, 0.05) is 22.9 Å². The predicted molar refractivity (Wildman–Crippen MR) is 148 cm³/mol. The molecule has 0 amide bonds. The number of carbonyl (C=O) groups is 1. The maximum absolute atomic E-state index is 14.2. The van der Waals surface area contributed by atoms with Gasteiger partial charge in [0.1, 0.15) is 11.6 Å². The van der Waals surface area contributed by atoms with Gasteiger partial charge in [-0.15, -0.1) is 12.4 Å². The Balaban J connectivity index is 0.00000320. The predicted octanol–water partition coefficient (Wildman–Crippen LogP) is 7.51. The van der Waals surface area contributed by atoms with Crippen LogP contribution in [0.5, 0.6) is 5.75 Å². The molecule has 2 N–H and O–H groups in total. The normalized spacial score (nSPS) is 17.4. The zero-order valence-electron chi connectivity index (χ0n) is 20.7. The monoisotopic (exact) mass is 519 g/mol. The summed E-state index contributed by atoms with van der Waals surface area (Å²) in [5.74, 6) is -0.0361. The lowest BCUT2D eigenvalue weighted by atomic mass is 9.83. The van der Waals surface area contributed by atoms with E-state index in [9.17, 15) is 14.3 Å². The summed E-state index contributed by atoms with van der Waals surface area (Å²) in [6, 6.07) is 26.4. The van der Waals surface area contributed by atoms with Crippen LogP contribution in [0, 0.1) is 5.82 Å². The lowest BCUT2D eigenvalue weighted by molar-refractivity contribution is 0.0696. The summed E-state index contributed by atoms with van der Waals surface area (Å²) in [7, 11) is 0. The Hall–Kier alpha value is -3.41. The molecule has 0 spiro atoms. The Morgan fingerprint density at radius 3 is 2.46 bits per heavy atom. The second-order valence-electron chi connectivity index (χ2n) is 9.49. The van der Waals surface area contributed by atoms with Gasteiger partial charge in [-0.1, -0.05) is 60.7 Å². The van der Waals surface area contributed by atoms with Gasteiger partial charge in [0.05, 0.1) is 11.7 Å². The molecule has 0 radical (unpaired) electrons. The number of rotatable bonds is 8. The van der Waals surface area contributed by atoms with Crippen LogP contribution >= 0.6 is 12.4 Å². The summed E-state index contributed by atoms with van der Waals surface area (Å²) in [5, 5.41) is 14.4. The van der Waals surface area contributed by atoms with Crippen molar-refractivity contribution in [2.24, 2.45) is 0 Å². The molecule has 3 atom stereocenters. The molecule has 1 heterocycles. The fraction of sp³-hybridized carbons (Fsp3) is 0.258. The van der Waals surface area contributed by atoms with Gasteiger partial charge in [-0.2, -0.15) is 0 Å². The van der Waals surface area contributed by atoms with Crippen molar-refractivity contribution in [3.8, 4) is 5.75 Å². The van der Waals surface area contributed by atoms with Gasteiger partial charge in [0.15, 0.2) is 0 Å². The number of halogens is 2. The first-order valence-corrected chi connectivity index (χ1v) is 12.5. The lowest BCUT2D eigenvalue weighted by Crippen LogP contribution is -2.28. The van der Waals surface area contributed by atoms with Crippen molar-refractivity contribution in [3.05, 3.63) is 113 Å². The summed E-state index contributed by atoms with van der Waals surface area (Å²) in [6.45, 7) is 2.94. The average Bonchev–Trinajstić information content (AvgIpc) is 2.91. The summed E-state index contributed by atoms with van der Waals surface area (Å²) >= 11 is 0. The average molecular weight is 520 g/mol. The second-order valence-corrected chi connectivity index (χ2v) is 9.49. The maximum atomic E-state index is 14.2. The zero-order valence-corrected chi connectivity index (χ0v) is 21.5. The van der Waals surface area contributed by atoms with E-state index in [1.807, 2.05) is 60.7 Å². The van der Waals surface area contributed by atoms with Gasteiger partial charge >= 0.3 is 5.97 Å². The van der Waals surface area contributed by atoms with Gasteiger partial charge in [0.25, 0.3) is 0 Å². The highest BCUT2D eigenvalue weighted by molar-refractivity contribution is 5.87. The van der Waals surface area contributed by atoms with Gasteiger partial charge in [-0.05, 0) is 73.5 Å². The molecule has 0 saturated carbocycles. The fourth-order valence-corrected chi connectivity index (χ4v) is 5.27. The van der Waals surface area contributed by atoms with Crippen molar-refractivity contribution in [2.45, 2.75) is 44.2 Å². The molecule has 0 aromatic heterocycles. The minimum Gasteiger partial charge on any atom is -0.490 e. The minimum atomic E-state index is -0.915. The molecule has 5 rings (SSSR count). The van der Waals surface area contributed by atoms with E-state index in [4.69, 9.17) is 4.74 Å². The van der Waals surface area contributed by atoms with Crippen LogP contribution in [0.3, 0.4) is 0 Å². The highest BCUT2D eigenvalue weighted by Crippen LogP contribution is 2.41. The van der Waals surface area contributed by atoms with E-state index in [0.717, 1.165) is 53.6 Å². The van der Waals surface area contributed by atoms with E-state index in [1.54, 1.807) is 18.2 Å². The van der Waals surface area contributed by atoms with Crippen LogP contribution in [0.1, 0.15) is 65.2 Å². The quantitative estimate of drug-likeness (QED) is 0.236. The van der Waals surface area contributed by atoms with E-state index in [-0.39, 0.29) is 36.3 Å². The molecular formula is C31H31ClFNO3. The number of carboxylic acid groups (broad SMARTS) is 1. The Kier molecular flexibility index (Phi) is 8.47. The van der Waals surface area contributed by atoms with Gasteiger partial charge in [0.2, 0.25) is 0 Å². The van der Waals surface area contributed by atoms with Crippen LogP contribution in [0.25, 0.3) is 10.8 Å². The SMILES string of the molecule is CC(NCCC[C@H]1C[C@@H](c2ccc(C(=O)O)cc2)c2ccccc2O1)c1ccc(F)c2ccccc12.Cl. The second kappa shape index (κ2) is 11.8. The molecule has 1 aliphatic heterocycles. The first-order chi connectivity index (χ1) is 17.5. The smallest absolute Gasteiger partial charge is 0.335 e. The minimum absolute atomic E-state index is 0. The highest BCUT2D eigenvalue weighted by Gasteiger charge is 2.29. The molecule has 0 bridgehead atoms. The van der Waals surface area contributed by atoms with Gasteiger partial charge in [-0.3, -0.25) is 0 Å². The molecule has 1 aliphatic rings. The third kappa shape index (κ3) is 5.79.